The summed E-state index contributed by atoms with van der Waals surface area (Å²) in [5.41, 5.74) is 0. The molecule has 0 aromatic rings. The van der Waals surface area contributed by atoms with Gasteiger partial charge in [-0.05, 0) is 6.92 Å². The van der Waals surface area contributed by atoms with Crippen LogP contribution in [0.2, 0.25) is 0 Å². The van der Waals surface area contributed by atoms with E-state index in [9.17, 15) is 5.11 Å². The first-order valence-corrected chi connectivity index (χ1v) is 2.15. The molecule has 0 spiro atoms. The van der Waals surface area contributed by atoms with Crippen molar-refractivity contribution in [2.45, 2.75) is 6.92 Å². The van der Waals surface area contributed by atoms with E-state index < -0.39 is 0 Å². The number of hydrogen-bond acceptors (Lipinski definition) is 2. The van der Waals surface area contributed by atoms with Crippen LogP contribution in [0.25, 0.3) is 0 Å². The van der Waals surface area contributed by atoms with Gasteiger partial charge in [0.1, 0.15) is 0 Å². The van der Waals surface area contributed by atoms with E-state index in [0.29, 0.717) is 0 Å². The predicted molar refractivity (Wildman–Crippen MR) is 25.9 cm³/mol. The van der Waals surface area contributed by atoms with E-state index in [1.165, 1.54) is 6.92 Å². The Balaban J connectivity index is 3.45. The number of nitrogens with one attached hydrogen (secondary N) is 1. The van der Waals surface area contributed by atoms with Crippen molar-refractivity contribution in [3.8, 4) is 0 Å². The lowest BCUT2D eigenvalue weighted by molar-refractivity contribution is -0.866. The summed E-state index contributed by atoms with van der Waals surface area (Å²) in [6, 6.07) is 0. The first kappa shape index (κ1) is 6.43. The summed E-state index contributed by atoms with van der Waals surface area (Å²) >= 11 is 0. The van der Waals surface area contributed by atoms with Crippen LogP contribution < -0.4 is 10.1 Å². The van der Waals surface area contributed by atoms with Gasteiger partial charge in [-0.3, -0.25) is 0 Å². The van der Waals surface area contributed by atoms with Gasteiger partial charge in [-0.15, -0.1) is 5.10 Å². The lowest BCUT2D eigenvalue weighted by atomic mass is 10.8. The van der Waals surface area contributed by atoms with Gasteiger partial charge in [-0.25, -0.2) is 5.01 Å². The normalized spacial score (nSPS) is 12.9. The first-order valence-electron chi connectivity index (χ1n) is 2.15. The van der Waals surface area contributed by atoms with Crippen LogP contribution in [0.3, 0.4) is 0 Å². The number of quaternary nitrogens is 1. The van der Waals surface area contributed by atoms with Gasteiger partial charge in [0.05, 0.1) is 14.1 Å². The Morgan fingerprint density at radius 1 is 1.57 bits per heavy atom. The predicted octanol–water partition coefficient (Wildman–Crippen LogP) is -2.18. The molecule has 0 atom stereocenters. The van der Waals surface area contributed by atoms with Crippen molar-refractivity contribution < 1.29 is 10.1 Å². The molecule has 0 fully saturated rings. The smallest absolute Gasteiger partial charge is 0.0907 e. The van der Waals surface area contributed by atoms with Gasteiger partial charge >= 0.3 is 0 Å². The minimum atomic E-state index is -0.125. The van der Waals surface area contributed by atoms with Gasteiger partial charge in [-0.2, -0.15) is 0 Å². The van der Waals surface area contributed by atoms with Crippen LogP contribution in [0.1, 0.15) is 6.92 Å². The molecule has 0 aliphatic rings. The van der Waals surface area contributed by atoms with Crippen LogP contribution in [0.5, 0.6) is 0 Å². The lowest BCUT2D eigenvalue weighted by Gasteiger charge is -2.02. The molecule has 0 aromatic carbocycles. The van der Waals surface area contributed by atoms with E-state index in [4.69, 9.17) is 0 Å². The van der Waals surface area contributed by atoms with E-state index >= 15 is 0 Å². The second kappa shape index (κ2) is 2.58. The molecule has 1 N–H and O–H groups in total. The molecule has 0 aliphatic carbocycles. The quantitative estimate of drug-likeness (QED) is 0.228. The van der Waals surface area contributed by atoms with Crippen molar-refractivity contribution in [2.75, 3.05) is 14.1 Å². The summed E-state index contributed by atoms with van der Waals surface area (Å²) in [4.78, 5) is 0. The molecule has 0 saturated heterocycles. The summed E-state index contributed by atoms with van der Waals surface area (Å²) in [6.07, 6.45) is 0. The number of nitrogens with zero attached hydrogens (tertiary/aromatic N) is 1. The second-order valence-electron chi connectivity index (χ2n) is 1.58. The van der Waals surface area contributed by atoms with Crippen molar-refractivity contribution in [1.82, 2.24) is 0 Å². The van der Waals surface area contributed by atoms with Crippen LogP contribution in [-0.4, -0.2) is 20.0 Å². The topological polar surface area (TPSA) is 39.9 Å². The van der Waals surface area contributed by atoms with Crippen molar-refractivity contribution >= 4 is 5.90 Å². The Kier molecular flexibility index (Phi) is 2.37. The van der Waals surface area contributed by atoms with E-state index in [-0.39, 0.29) is 5.90 Å². The zero-order valence-corrected chi connectivity index (χ0v) is 4.86. The molecule has 3 nitrogen and oxygen atoms in total. The SMILES string of the molecule is C/C([O-])=N/[NH+](C)C. The van der Waals surface area contributed by atoms with Gasteiger partial charge in [0, 0.05) is 5.90 Å². The fourth-order valence-electron chi connectivity index (χ4n) is 0.315. The molecule has 7 heavy (non-hydrogen) atoms. The Hall–Kier alpha value is -0.570. The minimum Gasteiger partial charge on any atom is -0.858 e. The molecule has 0 amide bonds. The average Bonchev–Trinajstić information content (AvgIpc) is 1.27. The minimum absolute atomic E-state index is 0.125. The Bertz CT molecular complexity index is 73.8. The third kappa shape index (κ3) is 5.43. The standard InChI is InChI=1S/C4H10N2O/c1-4(7)5-6(2)3/h1-3H3,(H,5,7). The van der Waals surface area contributed by atoms with Crippen LogP contribution >= 0.6 is 0 Å². The maximum absolute atomic E-state index is 10.1. The van der Waals surface area contributed by atoms with E-state index in [1.54, 1.807) is 14.1 Å². The van der Waals surface area contributed by atoms with Crippen LogP contribution in [-0.2, 0) is 0 Å². The summed E-state index contributed by atoms with van der Waals surface area (Å²) in [7, 11) is 3.59. The van der Waals surface area contributed by atoms with Crippen molar-refractivity contribution in [3.63, 3.8) is 0 Å². The maximum atomic E-state index is 10.1. The summed E-state index contributed by atoms with van der Waals surface area (Å²) in [5, 5.41) is 14.4. The van der Waals surface area contributed by atoms with Gasteiger partial charge in [0.15, 0.2) is 0 Å². The molecule has 0 heterocycles. The molecule has 3 heteroatoms. The molecule has 0 radical (unpaired) electrons. The third-order valence-electron chi connectivity index (χ3n) is 0.381. The molecular weight excluding hydrogens is 92.1 g/mol. The summed E-state index contributed by atoms with van der Waals surface area (Å²) in [5.74, 6) is -0.125. The monoisotopic (exact) mass is 102 g/mol. The van der Waals surface area contributed by atoms with Gasteiger partial charge < -0.3 is 5.11 Å². The molecule has 0 aliphatic heterocycles. The Morgan fingerprint density at radius 2 is 2.00 bits per heavy atom. The van der Waals surface area contributed by atoms with Gasteiger partial charge in [0.25, 0.3) is 0 Å². The van der Waals surface area contributed by atoms with E-state index in [2.05, 4.69) is 5.10 Å². The third-order valence-corrected chi connectivity index (χ3v) is 0.381. The number of rotatable bonds is 1. The van der Waals surface area contributed by atoms with Crippen molar-refractivity contribution in [3.05, 3.63) is 0 Å². The molecule has 0 rings (SSSR count). The zero-order valence-electron chi connectivity index (χ0n) is 4.86. The molecule has 0 saturated carbocycles. The fourth-order valence-corrected chi connectivity index (χ4v) is 0.315. The number of hydrogen-bond donors (Lipinski definition) is 1. The fraction of sp³-hybridized carbons (Fsp3) is 0.750. The second-order valence-corrected chi connectivity index (χ2v) is 1.58. The van der Waals surface area contributed by atoms with Gasteiger partial charge in [-0.1, -0.05) is 0 Å². The zero-order chi connectivity index (χ0) is 5.86. The Labute approximate surface area is 43.3 Å². The van der Waals surface area contributed by atoms with Crippen LogP contribution in [0.4, 0.5) is 0 Å². The summed E-state index contributed by atoms with van der Waals surface area (Å²) in [6.45, 7) is 1.44. The highest BCUT2D eigenvalue weighted by Crippen LogP contribution is 1.46. The Morgan fingerprint density at radius 3 is 2.00 bits per heavy atom. The largest absolute Gasteiger partial charge is 0.858 e. The summed E-state index contributed by atoms with van der Waals surface area (Å²) < 4.78 is 0. The van der Waals surface area contributed by atoms with Crippen molar-refractivity contribution in [1.29, 1.82) is 0 Å². The van der Waals surface area contributed by atoms with Gasteiger partial charge in [0.2, 0.25) is 0 Å². The molecule has 42 valence electrons. The van der Waals surface area contributed by atoms with Crippen LogP contribution in [0.15, 0.2) is 5.10 Å². The lowest BCUT2D eigenvalue weighted by Crippen LogP contribution is -3.01. The van der Waals surface area contributed by atoms with Crippen LogP contribution in [0, 0.1) is 0 Å². The van der Waals surface area contributed by atoms with E-state index in [0.717, 1.165) is 5.01 Å². The highest BCUT2D eigenvalue weighted by Gasteiger charge is 1.77. The molecule has 0 unspecified atom stereocenters. The average molecular weight is 102 g/mol. The first-order chi connectivity index (χ1) is 3.13. The van der Waals surface area contributed by atoms with Crippen molar-refractivity contribution in [2.24, 2.45) is 5.10 Å². The molecule has 0 bridgehead atoms. The molecular formula is C4H10N2O. The van der Waals surface area contributed by atoms with E-state index in [1.807, 2.05) is 0 Å². The highest BCUT2D eigenvalue weighted by atomic mass is 16.3. The highest BCUT2D eigenvalue weighted by molar-refractivity contribution is 5.67. The maximum Gasteiger partial charge on any atom is 0.0907 e. The molecule has 0 aromatic heterocycles.